The molecule has 0 heterocycles. The van der Waals surface area contributed by atoms with E-state index in [1.165, 1.54) is 0 Å². The van der Waals surface area contributed by atoms with Crippen LogP contribution in [0, 0.1) is 12.3 Å². The molecular weight excluding hydrogens is 123 g/mol. The van der Waals surface area contributed by atoms with E-state index in [1.54, 1.807) is 0 Å². The molecule has 0 aromatic rings. The summed E-state index contributed by atoms with van der Waals surface area (Å²) in [6.45, 7) is 1.88. The standard InChI is InChI=1S/C4H5.2CH4.V/c1-3-4-2;;;/h3H2,1H3;2*1H4;/q-1;;;. The van der Waals surface area contributed by atoms with E-state index in [0.29, 0.717) is 0 Å². The molecule has 0 unspecified atom stereocenters. The van der Waals surface area contributed by atoms with E-state index >= 15 is 0 Å². The summed E-state index contributed by atoms with van der Waals surface area (Å²) in [5.74, 6) is 2.18. The smallest absolute Gasteiger partial charge is 0 e. The molecule has 0 saturated heterocycles. The second kappa shape index (κ2) is 35.4. The minimum Gasteiger partial charge on any atom is -0.694 e. The van der Waals surface area contributed by atoms with Crippen LogP contribution in [0.2, 0.25) is 0 Å². The van der Waals surface area contributed by atoms with E-state index in [1.807, 2.05) is 6.92 Å². The van der Waals surface area contributed by atoms with Crippen molar-refractivity contribution in [2.24, 2.45) is 0 Å². The third-order valence-electron chi connectivity index (χ3n) is 0.177. The summed E-state index contributed by atoms with van der Waals surface area (Å²) in [5, 5.41) is 0. The summed E-state index contributed by atoms with van der Waals surface area (Å²) in [7, 11) is 0. The normalized spacial score (nSPS) is 2.86. The predicted molar refractivity (Wildman–Crippen MR) is 30.9 cm³/mol. The molecule has 0 aliphatic heterocycles. The first-order chi connectivity index (χ1) is 1.91. The van der Waals surface area contributed by atoms with Gasteiger partial charge in [0.25, 0.3) is 0 Å². The monoisotopic (exact) mass is 136 g/mol. The summed E-state index contributed by atoms with van der Waals surface area (Å²) in [4.78, 5) is 0. The zero-order valence-corrected chi connectivity index (χ0v) is 4.55. The quantitative estimate of drug-likeness (QED) is 0.354. The maximum atomic E-state index is 6.20. The van der Waals surface area contributed by atoms with Gasteiger partial charge in [-0.3, -0.25) is 0 Å². The van der Waals surface area contributed by atoms with E-state index in [9.17, 15) is 0 Å². The van der Waals surface area contributed by atoms with Gasteiger partial charge >= 0.3 is 0 Å². The van der Waals surface area contributed by atoms with Crippen molar-refractivity contribution in [3.63, 3.8) is 0 Å². The first-order valence-electron chi connectivity index (χ1n) is 1.31. The molecule has 0 aromatic heterocycles. The van der Waals surface area contributed by atoms with Gasteiger partial charge < -0.3 is 12.3 Å². The first-order valence-corrected chi connectivity index (χ1v) is 1.31. The zero-order valence-electron chi connectivity index (χ0n) is 3.15. The fourth-order valence-corrected chi connectivity index (χ4v) is 0. The Kier molecular flexibility index (Phi) is 138. The van der Waals surface area contributed by atoms with Gasteiger partial charge in [-0.2, -0.15) is 0 Å². The molecule has 0 aromatic carbocycles. The van der Waals surface area contributed by atoms with Crippen molar-refractivity contribution < 1.29 is 18.6 Å². The van der Waals surface area contributed by atoms with Gasteiger partial charge in [-0.05, 0) is 6.42 Å². The Hall–Kier alpha value is 0.144. The van der Waals surface area contributed by atoms with Crippen molar-refractivity contribution in [2.45, 2.75) is 28.2 Å². The van der Waals surface area contributed by atoms with Crippen molar-refractivity contribution in [3.05, 3.63) is 6.42 Å². The molecule has 1 heteroatoms. The van der Waals surface area contributed by atoms with Crippen molar-refractivity contribution in [3.8, 4) is 5.92 Å². The van der Waals surface area contributed by atoms with Gasteiger partial charge in [-0.25, -0.2) is 0 Å². The van der Waals surface area contributed by atoms with Crippen molar-refractivity contribution in [1.29, 1.82) is 0 Å². The average molecular weight is 136 g/mol. The summed E-state index contributed by atoms with van der Waals surface area (Å²) < 4.78 is 0. The van der Waals surface area contributed by atoms with Crippen molar-refractivity contribution in [1.82, 2.24) is 0 Å². The zero-order chi connectivity index (χ0) is 3.41. The topological polar surface area (TPSA) is 0 Å². The molecule has 1 radical (unpaired) electrons. The second-order valence-corrected chi connectivity index (χ2v) is 0.530. The maximum absolute atomic E-state index is 6.20. The van der Waals surface area contributed by atoms with Crippen molar-refractivity contribution >= 4 is 0 Å². The molecule has 0 N–H and O–H groups in total. The molecular formula is C6H13V-. The van der Waals surface area contributed by atoms with Crippen LogP contribution in [0.25, 0.3) is 0 Å². The third-order valence-corrected chi connectivity index (χ3v) is 0.177. The van der Waals surface area contributed by atoms with Crippen LogP contribution in [0.3, 0.4) is 0 Å². The van der Waals surface area contributed by atoms with Crippen LogP contribution < -0.4 is 0 Å². The van der Waals surface area contributed by atoms with Crippen LogP contribution in [-0.2, 0) is 18.6 Å². The van der Waals surface area contributed by atoms with Gasteiger partial charge in [0.1, 0.15) is 0 Å². The minimum absolute atomic E-state index is 0. The molecule has 0 fully saturated rings. The number of rotatable bonds is 0. The van der Waals surface area contributed by atoms with Crippen LogP contribution in [0.4, 0.5) is 0 Å². The molecule has 0 rings (SSSR count). The molecule has 0 nitrogen and oxygen atoms in total. The fraction of sp³-hybridized carbons (Fsp3) is 0.667. The molecule has 0 aliphatic rings. The SMILES string of the molecule is C.C.[C-]#CCC.[V]. The Morgan fingerprint density at radius 3 is 1.57 bits per heavy atom. The van der Waals surface area contributed by atoms with E-state index in [0.717, 1.165) is 6.42 Å². The van der Waals surface area contributed by atoms with Crippen LogP contribution in [-0.4, -0.2) is 0 Å². The summed E-state index contributed by atoms with van der Waals surface area (Å²) >= 11 is 0. The molecule has 43 valence electrons. The van der Waals surface area contributed by atoms with Gasteiger partial charge in [0.05, 0.1) is 0 Å². The van der Waals surface area contributed by atoms with Crippen LogP contribution >= 0.6 is 0 Å². The van der Waals surface area contributed by atoms with E-state index in [-0.39, 0.29) is 33.4 Å². The van der Waals surface area contributed by atoms with Gasteiger partial charge in [-0.15, -0.1) is 0 Å². The predicted octanol–water partition coefficient (Wildman–Crippen LogP) is 2.26. The van der Waals surface area contributed by atoms with Crippen LogP contribution in [0.1, 0.15) is 28.2 Å². The van der Waals surface area contributed by atoms with Gasteiger partial charge in [0.15, 0.2) is 0 Å². The van der Waals surface area contributed by atoms with E-state index in [2.05, 4.69) is 5.92 Å². The molecule has 0 aliphatic carbocycles. The molecule has 0 atom stereocenters. The number of hydrogen-bond acceptors (Lipinski definition) is 0. The minimum atomic E-state index is 0. The van der Waals surface area contributed by atoms with Crippen molar-refractivity contribution in [2.75, 3.05) is 0 Å². The Bertz CT molecular complexity index is 33.9. The summed E-state index contributed by atoms with van der Waals surface area (Å²) in [6.07, 6.45) is 6.94. The average Bonchev–Trinajstić information content (AvgIpc) is 1.37. The third kappa shape index (κ3) is 80.6. The van der Waals surface area contributed by atoms with E-state index in [4.69, 9.17) is 6.42 Å². The van der Waals surface area contributed by atoms with E-state index < -0.39 is 0 Å². The maximum Gasteiger partial charge on any atom is 0 e. The van der Waals surface area contributed by atoms with Gasteiger partial charge in [-0.1, -0.05) is 21.8 Å². The van der Waals surface area contributed by atoms with Crippen LogP contribution in [0.15, 0.2) is 0 Å². The largest absolute Gasteiger partial charge is 0.694 e. The molecule has 7 heavy (non-hydrogen) atoms. The van der Waals surface area contributed by atoms with Gasteiger partial charge in [0, 0.05) is 18.6 Å². The molecule has 0 spiro atoms. The van der Waals surface area contributed by atoms with Gasteiger partial charge in [0.2, 0.25) is 0 Å². The summed E-state index contributed by atoms with van der Waals surface area (Å²) in [6, 6.07) is 0. The Labute approximate surface area is 59.6 Å². The summed E-state index contributed by atoms with van der Waals surface area (Å²) in [5.41, 5.74) is 0. The molecule has 0 amide bonds. The second-order valence-electron chi connectivity index (χ2n) is 0.530. The fourth-order valence-electron chi connectivity index (χ4n) is 0. The molecule has 0 bridgehead atoms. The Morgan fingerprint density at radius 2 is 1.57 bits per heavy atom. The first kappa shape index (κ1) is 27.3. The molecule has 0 saturated carbocycles. The Balaban J connectivity index is -0.0000000150. The Morgan fingerprint density at radius 1 is 1.43 bits per heavy atom. The van der Waals surface area contributed by atoms with Crippen LogP contribution in [0.5, 0.6) is 0 Å². The number of hydrogen-bond donors (Lipinski definition) is 0.